The molecule has 3 aromatic heterocycles. The number of nitrogens with one attached hydrogen (secondary N) is 1. The molecule has 7 nitrogen and oxygen atoms in total. The first-order chi connectivity index (χ1) is 16.1. The summed E-state index contributed by atoms with van der Waals surface area (Å²) in [5, 5.41) is 11.2. The number of aryl methyl sites for hydroxylation is 2. The number of aromatic nitrogens is 5. The van der Waals surface area contributed by atoms with E-state index < -0.39 is 17.8 Å². The fourth-order valence-corrected chi connectivity index (χ4v) is 4.09. The number of benzene rings is 1. The Morgan fingerprint density at radius 1 is 1.18 bits per heavy atom. The van der Waals surface area contributed by atoms with Crippen LogP contribution >= 0.6 is 0 Å². The van der Waals surface area contributed by atoms with E-state index in [0.717, 1.165) is 41.9 Å². The van der Waals surface area contributed by atoms with E-state index in [-0.39, 0.29) is 17.1 Å². The van der Waals surface area contributed by atoms with Gasteiger partial charge >= 0.3 is 6.18 Å². The molecule has 4 aromatic rings. The molecule has 0 aliphatic heterocycles. The van der Waals surface area contributed by atoms with Crippen molar-refractivity contribution in [3.63, 3.8) is 0 Å². The number of rotatable bonds is 5. The van der Waals surface area contributed by atoms with Crippen molar-refractivity contribution in [2.45, 2.75) is 52.3 Å². The van der Waals surface area contributed by atoms with Gasteiger partial charge in [0.1, 0.15) is 11.3 Å². The summed E-state index contributed by atoms with van der Waals surface area (Å²) >= 11 is 0. The Morgan fingerprint density at radius 2 is 1.91 bits per heavy atom. The number of hydrogen-bond donors (Lipinski definition) is 1. The number of halogens is 3. The van der Waals surface area contributed by atoms with Crippen molar-refractivity contribution in [1.29, 1.82) is 0 Å². The van der Waals surface area contributed by atoms with Crippen LogP contribution in [0.3, 0.4) is 0 Å². The third-order valence-electron chi connectivity index (χ3n) is 6.22. The Balaban J connectivity index is 1.48. The van der Waals surface area contributed by atoms with E-state index in [1.807, 2.05) is 38.1 Å². The van der Waals surface area contributed by atoms with E-state index in [4.69, 9.17) is 0 Å². The smallest absolute Gasteiger partial charge is 0.319 e. The van der Waals surface area contributed by atoms with Gasteiger partial charge < -0.3 is 5.32 Å². The van der Waals surface area contributed by atoms with Crippen LogP contribution in [0.5, 0.6) is 0 Å². The normalized spacial score (nSPS) is 14.1. The Bertz CT molecular complexity index is 1410. The number of alkyl halides is 3. The molecule has 1 saturated carbocycles. The van der Waals surface area contributed by atoms with Gasteiger partial charge in [0.2, 0.25) is 0 Å². The predicted molar refractivity (Wildman–Crippen MR) is 120 cm³/mol. The molecular formula is C24H23F3N6O. The summed E-state index contributed by atoms with van der Waals surface area (Å²) in [5.74, 6) is -0.591. The van der Waals surface area contributed by atoms with Crippen molar-refractivity contribution in [3.8, 4) is 0 Å². The van der Waals surface area contributed by atoms with E-state index in [2.05, 4.69) is 20.5 Å². The minimum atomic E-state index is -4.62. The molecule has 0 radical (unpaired) electrons. The van der Waals surface area contributed by atoms with Crippen molar-refractivity contribution >= 4 is 17.2 Å². The SMILES string of the molecule is Cc1ccccc1Cn1nc(C)c(NC(=O)c2cnn3c(C(F)(F)F)cc(C4CC4)nc23)c1C. The monoisotopic (exact) mass is 468 g/mol. The highest BCUT2D eigenvalue weighted by atomic mass is 19.4. The number of hydrogen-bond acceptors (Lipinski definition) is 4. The molecule has 1 N–H and O–H groups in total. The summed E-state index contributed by atoms with van der Waals surface area (Å²) in [6.07, 6.45) is -1.91. The lowest BCUT2D eigenvalue weighted by Crippen LogP contribution is -2.16. The molecular weight excluding hydrogens is 445 g/mol. The van der Waals surface area contributed by atoms with E-state index in [1.165, 1.54) is 0 Å². The van der Waals surface area contributed by atoms with Crippen molar-refractivity contribution < 1.29 is 18.0 Å². The van der Waals surface area contributed by atoms with Crippen molar-refractivity contribution in [3.05, 3.63) is 76.0 Å². The van der Waals surface area contributed by atoms with Crippen LogP contribution in [-0.4, -0.2) is 30.3 Å². The van der Waals surface area contributed by atoms with Crippen LogP contribution < -0.4 is 5.32 Å². The second kappa shape index (κ2) is 7.96. The third-order valence-corrected chi connectivity index (χ3v) is 6.22. The average molecular weight is 468 g/mol. The number of carbonyl (C=O) groups excluding carboxylic acids is 1. The second-order valence-electron chi connectivity index (χ2n) is 8.72. The van der Waals surface area contributed by atoms with Crippen molar-refractivity contribution in [2.24, 2.45) is 0 Å². The Hall–Kier alpha value is -3.69. The number of amides is 1. The van der Waals surface area contributed by atoms with E-state index in [1.54, 1.807) is 11.6 Å². The van der Waals surface area contributed by atoms with Crippen LogP contribution in [0.2, 0.25) is 0 Å². The van der Waals surface area contributed by atoms with E-state index >= 15 is 0 Å². The topological polar surface area (TPSA) is 77.1 Å². The standard InChI is InChI=1S/C24H23F3N6O/c1-13-6-4-5-7-17(13)12-32-15(3)21(14(2)31-32)30-23(34)18-11-28-33-20(24(25,26)27)10-19(16-8-9-16)29-22(18)33/h4-7,10-11,16H,8-9,12H2,1-3H3,(H,30,34). The van der Waals surface area contributed by atoms with E-state index in [9.17, 15) is 18.0 Å². The fraction of sp³-hybridized carbons (Fsp3) is 0.333. The number of nitrogens with zero attached hydrogens (tertiary/aromatic N) is 5. The summed E-state index contributed by atoms with van der Waals surface area (Å²) in [5.41, 5.74) is 3.40. The lowest BCUT2D eigenvalue weighted by molar-refractivity contribution is -0.142. The maximum Gasteiger partial charge on any atom is 0.433 e. The summed E-state index contributed by atoms with van der Waals surface area (Å²) in [6, 6.07) is 9.00. The summed E-state index contributed by atoms with van der Waals surface area (Å²) < 4.78 is 43.5. The summed E-state index contributed by atoms with van der Waals surface area (Å²) in [7, 11) is 0. The van der Waals surface area contributed by atoms with Crippen LogP contribution in [0, 0.1) is 20.8 Å². The zero-order valence-electron chi connectivity index (χ0n) is 18.9. The molecule has 0 saturated heterocycles. The average Bonchev–Trinajstić information content (AvgIpc) is 3.49. The molecule has 0 spiro atoms. The van der Waals surface area contributed by atoms with Gasteiger partial charge in [0.25, 0.3) is 5.91 Å². The molecule has 3 heterocycles. The van der Waals surface area contributed by atoms with Crippen LogP contribution in [-0.2, 0) is 12.7 Å². The van der Waals surface area contributed by atoms with Gasteiger partial charge in [-0.2, -0.15) is 23.4 Å². The number of carbonyl (C=O) groups is 1. The molecule has 0 bridgehead atoms. The first-order valence-electron chi connectivity index (χ1n) is 11.0. The van der Waals surface area contributed by atoms with Crippen molar-refractivity contribution in [2.75, 3.05) is 5.32 Å². The lowest BCUT2D eigenvalue weighted by atomic mass is 10.1. The highest BCUT2D eigenvalue weighted by molar-refractivity contribution is 6.08. The molecule has 1 aromatic carbocycles. The van der Waals surface area contributed by atoms with Gasteiger partial charge in [0.15, 0.2) is 5.65 Å². The molecule has 34 heavy (non-hydrogen) atoms. The second-order valence-corrected chi connectivity index (χ2v) is 8.72. The maximum atomic E-state index is 13.7. The molecule has 0 atom stereocenters. The summed E-state index contributed by atoms with van der Waals surface area (Å²) in [4.78, 5) is 17.5. The lowest BCUT2D eigenvalue weighted by Gasteiger charge is -2.11. The quantitative estimate of drug-likeness (QED) is 0.445. The van der Waals surface area contributed by atoms with Crippen LogP contribution in [0.1, 0.15) is 63.0 Å². The first-order valence-corrected chi connectivity index (χ1v) is 11.0. The summed E-state index contributed by atoms with van der Waals surface area (Å²) in [6.45, 7) is 6.17. The molecule has 176 valence electrons. The van der Waals surface area contributed by atoms with Gasteiger partial charge in [-0.1, -0.05) is 24.3 Å². The van der Waals surface area contributed by atoms with Crippen LogP contribution in [0.15, 0.2) is 36.5 Å². The Kier molecular flexibility index (Phi) is 5.18. The largest absolute Gasteiger partial charge is 0.433 e. The maximum absolute atomic E-state index is 13.7. The van der Waals surface area contributed by atoms with Gasteiger partial charge in [-0.25, -0.2) is 9.50 Å². The first kappa shape index (κ1) is 22.1. The van der Waals surface area contributed by atoms with Gasteiger partial charge in [-0.05, 0) is 50.8 Å². The molecule has 1 aliphatic carbocycles. The molecule has 0 unspecified atom stereocenters. The molecule has 1 amide bonds. The van der Waals surface area contributed by atoms with Gasteiger partial charge in [-0.15, -0.1) is 0 Å². The molecule has 1 fully saturated rings. The molecule has 5 rings (SSSR count). The fourth-order valence-electron chi connectivity index (χ4n) is 4.09. The third kappa shape index (κ3) is 3.93. The van der Waals surface area contributed by atoms with Crippen LogP contribution in [0.4, 0.5) is 18.9 Å². The number of anilines is 1. The highest BCUT2D eigenvalue weighted by Crippen LogP contribution is 2.41. The van der Waals surface area contributed by atoms with Crippen molar-refractivity contribution in [1.82, 2.24) is 24.4 Å². The minimum Gasteiger partial charge on any atom is -0.319 e. The Morgan fingerprint density at radius 3 is 2.59 bits per heavy atom. The number of fused-ring (bicyclic) bond motifs is 1. The highest BCUT2D eigenvalue weighted by Gasteiger charge is 2.38. The predicted octanol–water partition coefficient (Wildman–Crippen LogP) is 5.05. The molecule has 10 heteroatoms. The van der Waals surface area contributed by atoms with Gasteiger partial charge in [0.05, 0.1) is 29.8 Å². The van der Waals surface area contributed by atoms with Crippen LogP contribution in [0.25, 0.3) is 5.65 Å². The molecule has 1 aliphatic rings. The van der Waals surface area contributed by atoms with E-state index in [0.29, 0.717) is 28.1 Å². The minimum absolute atomic E-state index is 0.0129. The van der Waals surface area contributed by atoms with Gasteiger partial charge in [0, 0.05) is 11.6 Å². The zero-order valence-corrected chi connectivity index (χ0v) is 18.9. The zero-order chi connectivity index (χ0) is 24.2. The van der Waals surface area contributed by atoms with Gasteiger partial charge in [-0.3, -0.25) is 9.48 Å². The Labute approximate surface area is 193 Å².